The number of aryl methyl sites for hydroxylation is 1. The van der Waals surface area contributed by atoms with Crippen LogP contribution in [0.4, 0.5) is 16.2 Å². The number of fused-ring (bicyclic) bond motifs is 1. The molecule has 1 aliphatic heterocycles. The number of urea groups is 1. The molecule has 1 aliphatic carbocycles. The van der Waals surface area contributed by atoms with E-state index >= 15 is 0 Å². The second-order valence-corrected chi connectivity index (χ2v) is 10.6. The van der Waals surface area contributed by atoms with E-state index in [1.807, 2.05) is 73.9 Å². The molecule has 8 heteroatoms. The smallest absolute Gasteiger partial charge is 0.324 e. The zero-order valence-corrected chi connectivity index (χ0v) is 22.9. The maximum absolute atomic E-state index is 13.5. The van der Waals surface area contributed by atoms with Gasteiger partial charge in [0.1, 0.15) is 0 Å². The van der Waals surface area contributed by atoms with Gasteiger partial charge in [0, 0.05) is 63.9 Å². The van der Waals surface area contributed by atoms with Gasteiger partial charge in [-0.25, -0.2) is 4.79 Å². The fraction of sp³-hybridized carbons (Fsp3) is 0.367. The van der Waals surface area contributed by atoms with Crippen LogP contribution in [0.3, 0.4) is 0 Å². The predicted molar refractivity (Wildman–Crippen MR) is 152 cm³/mol. The predicted octanol–water partition coefficient (Wildman–Crippen LogP) is 5.65. The van der Waals surface area contributed by atoms with Crippen LogP contribution in [0.2, 0.25) is 5.02 Å². The Kier molecular flexibility index (Phi) is 7.56. The molecule has 0 radical (unpaired) electrons. The summed E-state index contributed by atoms with van der Waals surface area (Å²) in [4.78, 5) is 38.6. The number of carbonyl (C=O) groups is 2. The van der Waals surface area contributed by atoms with Crippen LogP contribution in [-0.4, -0.2) is 67.0 Å². The molecule has 3 amide bonds. The van der Waals surface area contributed by atoms with Crippen LogP contribution >= 0.6 is 11.6 Å². The largest absolute Gasteiger partial charge is 0.371 e. The third kappa shape index (κ3) is 5.07. The molecule has 1 fully saturated rings. The van der Waals surface area contributed by atoms with Crippen molar-refractivity contribution < 1.29 is 9.59 Å². The molecule has 1 atom stereocenters. The highest BCUT2D eigenvalue weighted by Gasteiger charge is 2.32. The van der Waals surface area contributed by atoms with Crippen LogP contribution in [0.1, 0.15) is 46.8 Å². The number of piperidine rings is 1. The quantitative estimate of drug-likeness (QED) is 0.427. The zero-order chi connectivity index (χ0) is 26.8. The summed E-state index contributed by atoms with van der Waals surface area (Å²) in [6.45, 7) is 1.81. The third-order valence-electron chi connectivity index (χ3n) is 8.07. The number of benzene rings is 2. The molecule has 1 unspecified atom stereocenters. The summed E-state index contributed by atoms with van der Waals surface area (Å²) in [7, 11) is 5.48. The molecular formula is C30H34ClN5O2. The number of rotatable bonds is 5. The molecule has 5 rings (SSSR count). The molecular weight excluding hydrogens is 498 g/mol. The van der Waals surface area contributed by atoms with Crippen molar-refractivity contribution in [1.29, 1.82) is 0 Å². The van der Waals surface area contributed by atoms with Crippen molar-refractivity contribution in [3.63, 3.8) is 0 Å². The summed E-state index contributed by atoms with van der Waals surface area (Å²) < 4.78 is 0. The average molecular weight is 532 g/mol. The Balaban J connectivity index is 1.27. The lowest BCUT2D eigenvalue weighted by atomic mass is 10.00. The van der Waals surface area contributed by atoms with E-state index < -0.39 is 0 Å². The van der Waals surface area contributed by atoms with E-state index in [1.165, 1.54) is 11.3 Å². The van der Waals surface area contributed by atoms with Gasteiger partial charge < -0.3 is 14.7 Å². The van der Waals surface area contributed by atoms with Crippen molar-refractivity contribution in [2.45, 2.75) is 37.8 Å². The van der Waals surface area contributed by atoms with Gasteiger partial charge >= 0.3 is 6.03 Å². The number of hydrogen-bond acceptors (Lipinski definition) is 4. The monoisotopic (exact) mass is 531 g/mol. The van der Waals surface area contributed by atoms with E-state index in [4.69, 9.17) is 11.6 Å². The van der Waals surface area contributed by atoms with Crippen molar-refractivity contribution >= 4 is 34.9 Å². The summed E-state index contributed by atoms with van der Waals surface area (Å²) in [5, 5.41) is 0.533. The first-order valence-electron chi connectivity index (χ1n) is 13.1. The lowest BCUT2D eigenvalue weighted by Gasteiger charge is -2.38. The van der Waals surface area contributed by atoms with Crippen molar-refractivity contribution in [2.24, 2.45) is 0 Å². The maximum Gasteiger partial charge on any atom is 0.324 e. The number of pyridine rings is 1. The Bertz CT molecular complexity index is 1310. The van der Waals surface area contributed by atoms with E-state index in [1.54, 1.807) is 22.9 Å². The van der Waals surface area contributed by atoms with Crippen LogP contribution in [0.5, 0.6) is 0 Å². The van der Waals surface area contributed by atoms with Crippen LogP contribution < -0.4 is 9.80 Å². The van der Waals surface area contributed by atoms with E-state index in [9.17, 15) is 9.59 Å². The Labute approximate surface area is 229 Å². The number of anilines is 2. The van der Waals surface area contributed by atoms with Crippen LogP contribution in [-0.2, 0) is 6.42 Å². The molecule has 0 bridgehead atoms. The molecule has 2 heterocycles. The van der Waals surface area contributed by atoms with Gasteiger partial charge in [0.15, 0.2) is 0 Å². The van der Waals surface area contributed by atoms with Crippen molar-refractivity contribution in [2.75, 3.05) is 44.0 Å². The summed E-state index contributed by atoms with van der Waals surface area (Å²) >= 11 is 6.34. The fourth-order valence-electron chi connectivity index (χ4n) is 5.75. The molecule has 0 spiro atoms. The van der Waals surface area contributed by atoms with E-state index in [0.29, 0.717) is 16.3 Å². The van der Waals surface area contributed by atoms with Gasteiger partial charge in [-0.2, -0.15) is 0 Å². The van der Waals surface area contributed by atoms with Gasteiger partial charge in [-0.3, -0.25) is 14.7 Å². The minimum absolute atomic E-state index is 0.0305. The highest BCUT2D eigenvalue weighted by Crippen LogP contribution is 2.37. The fourth-order valence-corrected chi connectivity index (χ4v) is 6.01. The first kappa shape index (κ1) is 26.0. The SMILES string of the molecule is CN(C(=O)N(C)C1CCc2ccc(C(=O)N(C)C3CCN(c4ccncc4)CC3)cc21)c1ccccc1Cl. The van der Waals surface area contributed by atoms with Gasteiger partial charge in [-0.05, 0) is 73.2 Å². The van der Waals surface area contributed by atoms with Gasteiger partial charge in [0.2, 0.25) is 0 Å². The van der Waals surface area contributed by atoms with Crippen LogP contribution in [0.25, 0.3) is 0 Å². The Morgan fingerprint density at radius 3 is 2.34 bits per heavy atom. The molecule has 3 aromatic rings. The molecule has 2 aliphatic rings. The molecule has 38 heavy (non-hydrogen) atoms. The first-order valence-corrected chi connectivity index (χ1v) is 13.5. The molecule has 1 saturated heterocycles. The second-order valence-electron chi connectivity index (χ2n) is 10.2. The lowest BCUT2D eigenvalue weighted by molar-refractivity contribution is 0.0709. The van der Waals surface area contributed by atoms with Crippen LogP contribution in [0.15, 0.2) is 67.0 Å². The molecule has 2 aromatic carbocycles. The van der Waals surface area contributed by atoms with Crippen molar-refractivity contribution in [3.05, 3.63) is 88.7 Å². The highest BCUT2D eigenvalue weighted by atomic mass is 35.5. The number of hydrogen-bond donors (Lipinski definition) is 0. The van der Waals surface area contributed by atoms with E-state index in [-0.39, 0.29) is 24.0 Å². The third-order valence-corrected chi connectivity index (χ3v) is 8.39. The molecule has 1 aromatic heterocycles. The molecule has 0 saturated carbocycles. The summed E-state index contributed by atoms with van der Waals surface area (Å²) in [6.07, 6.45) is 7.18. The van der Waals surface area contributed by atoms with Crippen molar-refractivity contribution in [1.82, 2.24) is 14.8 Å². The Morgan fingerprint density at radius 2 is 1.63 bits per heavy atom. The summed E-state index contributed by atoms with van der Waals surface area (Å²) in [5.41, 5.74) is 4.77. The van der Waals surface area contributed by atoms with Gasteiger partial charge in [-0.1, -0.05) is 29.8 Å². The normalized spacial score (nSPS) is 17.2. The highest BCUT2D eigenvalue weighted by molar-refractivity contribution is 6.33. The topological polar surface area (TPSA) is 60.0 Å². The van der Waals surface area contributed by atoms with Gasteiger partial charge in [-0.15, -0.1) is 0 Å². The molecule has 7 nitrogen and oxygen atoms in total. The summed E-state index contributed by atoms with van der Waals surface area (Å²) in [6, 6.07) is 17.4. The number of para-hydroxylation sites is 1. The lowest BCUT2D eigenvalue weighted by Crippen LogP contribution is -2.45. The number of amides is 3. The molecule has 198 valence electrons. The summed E-state index contributed by atoms with van der Waals surface area (Å²) in [5.74, 6) is 0.0305. The Morgan fingerprint density at radius 1 is 0.921 bits per heavy atom. The maximum atomic E-state index is 13.5. The zero-order valence-electron chi connectivity index (χ0n) is 22.2. The standard InChI is InChI=1S/C30H34ClN5O2/c1-33(23-14-18-36(19-15-23)24-12-16-32-17-13-24)29(37)22-9-8-21-10-11-27(25(21)20-22)34(2)30(38)35(3)28-7-5-4-6-26(28)31/h4-9,12-13,16-17,20,23,27H,10-11,14-15,18-19H2,1-3H3. The minimum atomic E-state index is -0.134. The average Bonchev–Trinajstić information content (AvgIpc) is 3.39. The minimum Gasteiger partial charge on any atom is -0.371 e. The van der Waals surface area contributed by atoms with E-state index in [0.717, 1.165) is 44.3 Å². The van der Waals surface area contributed by atoms with Gasteiger partial charge in [0.05, 0.1) is 16.8 Å². The number of halogens is 1. The second kappa shape index (κ2) is 11.0. The van der Waals surface area contributed by atoms with Gasteiger partial charge in [0.25, 0.3) is 5.91 Å². The van der Waals surface area contributed by atoms with Crippen LogP contribution in [0, 0.1) is 0 Å². The van der Waals surface area contributed by atoms with E-state index in [2.05, 4.69) is 16.0 Å². The first-order chi connectivity index (χ1) is 18.3. The van der Waals surface area contributed by atoms with Crippen molar-refractivity contribution in [3.8, 4) is 0 Å². The number of nitrogens with zero attached hydrogens (tertiary/aromatic N) is 5. The Hall–Kier alpha value is -3.58. The molecule has 0 N–H and O–H groups in total. The number of aromatic nitrogens is 1. The number of carbonyl (C=O) groups excluding carboxylic acids is 2.